The quantitative estimate of drug-likeness (QED) is 0.185. The van der Waals surface area contributed by atoms with Gasteiger partial charge in [0, 0.05) is 24.2 Å². The van der Waals surface area contributed by atoms with Crippen LogP contribution in [0.5, 0.6) is 0 Å². The van der Waals surface area contributed by atoms with Crippen molar-refractivity contribution < 1.29 is 50.2 Å². The molecule has 250 valence electrons. The van der Waals surface area contributed by atoms with Crippen molar-refractivity contribution in [2.45, 2.75) is 65.0 Å². The van der Waals surface area contributed by atoms with Gasteiger partial charge in [0.25, 0.3) is 5.91 Å². The van der Waals surface area contributed by atoms with Crippen LogP contribution in [0.15, 0.2) is 18.2 Å². The molecule has 0 aliphatic carbocycles. The van der Waals surface area contributed by atoms with E-state index in [1.165, 1.54) is 18.2 Å². The van der Waals surface area contributed by atoms with Gasteiger partial charge in [-0.05, 0) is 30.0 Å². The number of benzene rings is 1. The van der Waals surface area contributed by atoms with Crippen LogP contribution in [0.25, 0.3) is 0 Å². The van der Waals surface area contributed by atoms with Gasteiger partial charge in [0.05, 0.1) is 16.6 Å². The molecule has 0 heterocycles. The minimum atomic E-state index is -4.61. The molecular weight excluding hydrogens is 657 g/mol. The third-order valence-electron chi connectivity index (χ3n) is 5.91. The topological polar surface area (TPSA) is 132 Å². The van der Waals surface area contributed by atoms with E-state index in [-0.39, 0.29) is 54.0 Å². The van der Waals surface area contributed by atoms with Crippen LogP contribution in [0.4, 0.5) is 35.9 Å². The first kappa shape index (κ1) is 42.8. The van der Waals surface area contributed by atoms with Crippen molar-refractivity contribution in [3.8, 4) is 0 Å². The number of ether oxygens (including phenoxy) is 2. The Morgan fingerprint density at radius 2 is 1.30 bits per heavy atom. The first-order chi connectivity index (χ1) is 19.3. The Morgan fingerprint density at radius 3 is 1.70 bits per heavy atom. The number of alkyl halides is 6. The maximum atomic E-state index is 12.2. The van der Waals surface area contributed by atoms with E-state index in [0.717, 1.165) is 6.42 Å². The van der Waals surface area contributed by atoms with E-state index in [9.17, 15) is 40.7 Å². The van der Waals surface area contributed by atoms with E-state index in [4.69, 9.17) is 28.9 Å². The number of nitrogens with one attached hydrogen (secondary N) is 3. The van der Waals surface area contributed by atoms with E-state index in [2.05, 4.69) is 25.4 Å². The number of hydrogen-bond acceptors (Lipinski definition) is 6. The van der Waals surface area contributed by atoms with Crippen LogP contribution in [0.1, 0.15) is 50.9 Å². The van der Waals surface area contributed by atoms with E-state index in [0.29, 0.717) is 11.4 Å². The van der Waals surface area contributed by atoms with Crippen LogP contribution in [0, 0.1) is 11.8 Å². The molecule has 5 N–H and O–H groups in total. The van der Waals surface area contributed by atoms with E-state index >= 15 is 0 Å². The third-order valence-corrected chi connectivity index (χ3v) is 6.46. The predicted molar refractivity (Wildman–Crippen MR) is 153 cm³/mol. The molecular formula is C25H37Cl3F6N4O5. The number of rotatable bonds is 12. The van der Waals surface area contributed by atoms with Crippen LogP contribution >= 0.6 is 35.6 Å². The number of halogens is 9. The molecule has 0 saturated heterocycles. The molecule has 0 bridgehead atoms. The van der Waals surface area contributed by atoms with Crippen LogP contribution < -0.4 is 21.7 Å². The Morgan fingerprint density at radius 1 is 0.860 bits per heavy atom. The van der Waals surface area contributed by atoms with E-state index in [1.54, 1.807) is 6.92 Å². The number of carbonyl (C=O) groups excluding carboxylic acids is 3. The molecule has 0 unspecified atom stereocenters. The standard InChI is InChI=1S/C16H19Cl2F3N2O3.C9H17F3N2O2.ClH/c1-3-9(2)13(23-15(25)26-8-16(19,20)21)7-22-14(24)11-5-4-10(17)6-12(11)18;1-3-6(2)7(4-13)14-8(15)16-5-9(10,11)12;/h4-6,9,13H,3,7-8H2,1-2H3,(H,22,24)(H,23,25);6-7H,3-5,13H2,1-2H3,(H,14,15);1H/t9-,13+;6-,7+;/m00./s1. The van der Waals surface area contributed by atoms with Crippen molar-refractivity contribution in [2.75, 3.05) is 26.3 Å². The molecule has 0 fully saturated rings. The average molecular weight is 694 g/mol. The molecule has 18 heteroatoms. The highest BCUT2D eigenvalue weighted by atomic mass is 35.5. The Labute approximate surface area is 262 Å². The summed E-state index contributed by atoms with van der Waals surface area (Å²) in [6.45, 7) is 4.27. The lowest BCUT2D eigenvalue weighted by Crippen LogP contribution is -2.47. The summed E-state index contributed by atoms with van der Waals surface area (Å²) in [6.07, 6.45) is -10.0. The van der Waals surface area contributed by atoms with Crippen LogP contribution in [0.2, 0.25) is 10.0 Å². The molecule has 1 aromatic carbocycles. The highest BCUT2D eigenvalue weighted by Gasteiger charge is 2.31. The summed E-state index contributed by atoms with van der Waals surface area (Å²) < 4.78 is 79.6. The molecule has 0 saturated carbocycles. The Hall–Kier alpha value is -2.36. The maximum Gasteiger partial charge on any atom is 0.422 e. The zero-order valence-electron chi connectivity index (χ0n) is 23.8. The summed E-state index contributed by atoms with van der Waals surface area (Å²) in [5.41, 5.74) is 5.58. The van der Waals surface area contributed by atoms with Gasteiger partial charge in [0.1, 0.15) is 0 Å². The second-order valence-electron chi connectivity index (χ2n) is 9.23. The fourth-order valence-electron chi connectivity index (χ4n) is 3.05. The number of nitrogens with two attached hydrogens (primary N) is 1. The molecule has 3 amide bonds. The molecule has 4 atom stereocenters. The maximum absolute atomic E-state index is 12.2. The SMILES string of the molecule is CC[C@H](C)[C@@H](CN)NC(=O)OCC(F)(F)F.CC[C@H](C)[C@@H](CNC(=O)c1ccc(Cl)cc1Cl)NC(=O)OCC(F)(F)F.Cl. The van der Waals surface area contributed by atoms with Gasteiger partial charge in [-0.15, -0.1) is 12.4 Å². The normalized spacial score (nSPS) is 14.0. The first-order valence-electron chi connectivity index (χ1n) is 12.8. The van der Waals surface area contributed by atoms with Gasteiger partial charge < -0.3 is 31.2 Å². The van der Waals surface area contributed by atoms with Crippen molar-refractivity contribution in [3.05, 3.63) is 33.8 Å². The zero-order chi connectivity index (χ0) is 32.7. The van der Waals surface area contributed by atoms with Gasteiger partial charge in [0.15, 0.2) is 13.2 Å². The smallest absolute Gasteiger partial charge is 0.422 e. The summed E-state index contributed by atoms with van der Waals surface area (Å²) in [5.74, 6) is -0.525. The van der Waals surface area contributed by atoms with Crippen LogP contribution in [-0.2, 0) is 9.47 Å². The van der Waals surface area contributed by atoms with Crippen molar-refractivity contribution >= 4 is 53.7 Å². The highest BCUT2D eigenvalue weighted by molar-refractivity contribution is 6.36. The van der Waals surface area contributed by atoms with Crippen LogP contribution in [-0.4, -0.2) is 68.8 Å². The fraction of sp³-hybridized carbons (Fsp3) is 0.640. The van der Waals surface area contributed by atoms with Crippen molar-refractivity contribution in [3.63, 3.8) is 0 Å². The lowest BCUT2D eigenvalue weighted by atomic mass is 9.99. The van der Waals surface area contributed by atoms with E-state index < -0.39 is 49.7 Å². The second kappa shape index (κ2) is 20.6. The molecule has 1 aromatic rings. The van der Waals surface area contributed by atoms with Gasteiger partial charge in [-0.25, -0.2) is 9.59 Å². The summed E-state index contributed by atoms with van der Waals surface area (Å²) in [5, 5.41) is 7.77. The van der Waals surface area contributed by atoms with Gasteiger partial charge in [-0.1, -0.05) is 63.7 Å². The highest BCUT2D eigenvalue weighted by Crippen LogP contribution is 2.21. The zero-order valence-corrected chi connectivity index (χ0v) is 26.2. The minimum Gasteiger partial charge on any atom is -0.440 e. The monoisotopic (exact) mass is 692 g/mol. The number of hydrogen-bond donors (Lipinski definition) is 4. The Kier molecular flexibility index (Phi) is 20.5. The molecule has 0 spiro atoms. The number of carbonyl (C=O) groups is 3. The van der Waals surface area contributed by atoms with Gasteiger partial charge >= 0.3 is 24.5 Å². The molecule has 9 nitrogen and oxygen atoms in total. The molecule has 0 aliphatic heterocycles. The summed E-state index contributed by atoms with van der Waals surface area (Å²) in [7, 11) is 0. The predicted octanol–water partition coefficient (Wildman–Crippen LogP) is 6.50. The van der Waals surface area contributed by atoms with Crippen LogP contribution in [0.3, 0.4) is 0 Å². The van der Waals surface area contributed by atoms with Gasteiger partial charge in [-0.2, -0.15) is 26.3 Å². The van der Waals surface area contributed by atoms with E-state index in [1.807, 2.05) is 20.8 Å². The summed E-state index contributed by atoms with van der Waals surface area (Å²) in [4.78, 5) is 34.7. The number of alkyl carbamates (subject to hydrolysis) is 2. The lowest BCUT2D eigenvalue weighted by Gasteiger charge is -2.24. The molecule has 0 aliphatic rings. The third kappa shape index (κ3) is 19.5. The molecule has 1 rings (SSSR count). The molecule has 43 heavy (non-hydrogen) atoms. The Balaban J connectivity index is 0. The summed E-state index contributed by atoms with van der Waals surface area (Å²) >= 11 is 11.7. The second-order valence-corrected chi connectivity index (χ2v) is 10.1. The number of amides is 3. The first-order valence-corrected chi connectivity index (χ1v) is 13.5. The van der Waals surface area contributed by atoms with Crippen molar-refractivity contribution in [1.82, 2.24) is 16.0 Å². The minimum absolute atomic E-state index is 0. The van der Waals surface area contributed by atoms with Gasteiger partial charge in [0.2, 0.25) is 0 Å². The largest absolute Gasteiger partial charge is 0.440 e. The van der Waals surface area contributed by atoms with Crippen molar-refractivity contribution in [1.29, 1.82) is 0 Å². The van der Waals surface area contributed by atoms with Crippen molar-refractivity contribution in [2.24, 2.45) is 17.6 Å². The molecule has 0 radical (unpaired) electrons. The lowest BCUT2D eigenvalue weighted by molar-refractivity contribution is -0.160. The Bertz CT molecular complexity index is 1010. The average Bonchev–Trinajstić information content (AvgIpc) is 2.90. The van der Waals surface area contributed by atoms with Gasteiger partial charge in [-0.3, -0.25) is 4.79 Å². The fourth-order valence-corrected chi connectivity index (χ4v) is 3.54. The molecule has 0 aromatic heterocycles. The summed E-state index contributed by atoms with van der Waals surface area (Å²) in [6, 6.07) is 3.38.